The van der Waals surface area contributed by atoms with Crippen molar-refractivity contribution in [3.05, 3.63) is 34.9 Å². The summed E-state index contributed by atoms with van der Waals surface area (Å²) in [5.41, 5.74) is 1.86. The van der Waals surface area contributed by atoms with Crippen LogP contribution in [0.15, 0.2) is 18.2 Å². The molecule has 1 rings (SSSR count). The lowest BCUT2D eigenvalue weighted by Gasteiger charge is -2.04. The van der Waals surface area contributed by atoms with Crippen LogP contribution in [-0.4, -0.2) is 18.9 Å². The lowest BCUT2D eigenvalue weighted by molar-refractivity contribution is 0.0599. The Hall–Kier alpha value is -1.64. The molecule has 0 amide bonds. The van der Waals surface area contributed by atoms with Gasteiger partial charge in [-0.05, 0) is 31.5 Å². The fraction of sp³-hybridized carbons (Fsp3) is 0.273. The van der Waals surface area contributed by atoms with Crippen LogP contribution >= 0.6 is 0 Å². The van der Waals surface area contributed by atoms with Crippen molar-refractivity contribution in [2.45, 2.75) is 13.8 Å². The van der Waals surface area contributed by atoms with Crippen molar-refractivity contribution in [2.75, 3.05) is 7.11 Å². The van der Waals surface area contributed by atoms with Gasteiger partial charge in [0.05, 0.1) is 12.7 Å². The number of methoxy groups -OCH3 is 1. The van der Waals surface area contributed by atoms with Crippen molar-refractivity contribution in [2.24, 2.45) is 0 Å². The zero-order valence-electron chi connectivity index (χ0n) is 8.46. The number of ether oxygens (including phenoxy) is 1. The molecule has 0 aliphatic carbocycles. The fourth-order valence-electron chi connectivity index (χ4n) is 1.22. The van der Waals surface area contributed by atoms with Crippen LogP contribution in [-0.2, 0) is 4.74 Å². The second-order valence-electron chi connectivity index (χ2n) is 3.08. The third-order valence-corrected chi connectivity index (χ3v) is 2.04. The van der Waals surface area contributed by atoms with E-state index in [1.807, 2.05) is 0 Å². The van der Waals surface area contributed by atoms with Crippen molar-refractivity contribution in [3.63, 3.8) is 0 Å². The van der Waals surface area contributed by atoms with Gasteiger partial charge in [0, 0.05) is 5.56 Å². The molecule has 14 heavy (non-hydrogen) atoms. The Balaban J connectivity index is 3.14. The number of carbonyl (C=O) groups excluding carboxylic acids is 2. The van der Waals surface area contributed by atoms with Gasteiger partial charge in [-0.15, -0.1) is 0 Å². The molecule has 0 saturated heterocycles. The van der Waals surface area contributed by atoms with E-state index in [1.165, 1.54) is 14.0 Å². The van der Waals surface area contributed by atoms with E-state index in [2.05, 4.69) is 4.74 Å². The minimum absolute atomic E-state index is 0.00971. The average Bonchev–Trinajstić information content (AvgIpc) is 2.16. The molecule has 0 radical (unpaired) electrons. The molecule has 0 saturated carbocycles. The van der Waals surface area contributed by atoms with E-state index in [1.54, 1.807) is 25.1 Å². The first-order valence-electron chi connectivity index (χ1n) is 4.26. The molecule has 0 heterocycles. The van der Waals surface area contributed by atoms with Crippen LogP contribution in [0.1, 0.15) is 33.2 Å². The molecular formula is C11H12O3. The van der Waals surface area contributed by atoms with Crippen LogP contribution < -0.4 is 0 Å². The van der Waals surface area contributed by atoms with Gasteiger partial charge in [0.25, 0.3) is 0 Å². The molecule has 0 unspecified atom stereocenters. The third kappa shape index (κ3) is 1.99. The molecular weight excluding hydrogens is 180 g/mol. The van der Waals surface area contributed by atoms with Crippen molar-refractivity contribution < 1.29 is 14.3 Å². The summed E-state index contributed by atoms with van der Waals surface area (Å²) in [6, 6.07) is 4.92. The molecule has 3 heteroatoms. The maximum atomic E-state index is 11.2. The maximum absolute atomic E-state index is 11.2. The molecule has 0 fully saturated rings. The van der Waals surface area contributed by atoms with Gasteiger partial charge in [0.2, 0.25) is 0 Å². The molecule has 0 aliphatic rings. The monoisotopic (exact) mass is 192 g/mol. The number of benzene rings is 1. The van der Waals surface area contributed by atoms with Crippen LogP contribution in [0.25, 0.3) is 0 Å². The SMILES string of the molecule is COC(=O)c1ccc(C(C)=O)cc1C. The van der Waals surface area contributed by atoms with Crippen LogP contribution in [0.4, 0.5) is 0 Å². The van der Waals surface area contributed by atoms with Gasteiger partial charge in [-0.2, -0.15) is 0 Å². The fourth-order valence-corrected chi connectivity index (χ4v) is 1.22. The molecule has 0 aromatic heterocycles. The highest BCUT2D eigenvalue weighted by molar-refractivity contribution is 5.97. The molecule has 0 N–H and O–H groups in total. The summed E-state index contributed by atoms with van der Waals surface area (Å²) in [6.07, 6.45) is 0. The second kappa shape index (κ2) is 4.05. The van der Waals surface area contributed by atoms with Gasteiger partial charge in [0.15, 0.2) is 5.78 Å². The number of carbonyl (C=O) groups is 2. The number of esters is 1. The quantitative estimate of drug-likeness (QED) is 0.531. The first-order valence-corrected chi connectivity index (χ1v) is 4.26. The van der Waals surface area contributed by atoms with Crippen molar-refractivity contribution in [3.8, 4) is 0 Å². The molecule has 0 spiro atoms. The summed E-state index contributed by atoms with van der Waals surface area (Å²) in [6.45, 7) is 3.27. The number of Topliss-reactive ketones (excluding diaryl/α,β-unsaturated/α-hetero) is 1. The largest absolute Gasteiger partial charge is 0.465 e. The molecule has 0 bridgehead atoms. The maximum Gasteiger partial charge on any atom is 0.338 e. The first kappa shape index (κ1) is 10.4. The lowest BCUT2D eigenvalue weighted by atomic mass is 10.0. The summed E-state index contributed by atoms with van der Waals surface area (Å²) in [7, 11) is 1.33. The first-order chi connectivity index (χ1) is 6.56. The van der Waals surface area contributed by atoms with Crippen molar-refractivity contribution >= 4 is 11.8 Å². The summed E-state index contributed by atoms with van der Waals surface area (Å²) in [4.78, 5) is 22.2. The van der Waals surface area contributed by atoms with Crippen molar-refractivity contribution in [1.82, 2.24) is 0 Å². The molecule has 74 valence electrons. The smallest absolute Gasteiger partial charge is 0.338 e. The second-order valence-corrected chi connectivity index (χ2v) is 3.08. The highest BCUT2D eigenvalue weighted by atomic mass is 16.5. The van der Waals surface area contributed by atoms with Gasteiger partial charge in [-0.3, -0.25) is 4.79 Å². The third-order valence-electron chi connectivity index (χ3n) is 2.04. The van der Waals surface area contributed by atoms with E-state index < -0.39 is 0 Å². The summed E-state index contributed by atoms with van der Waals surface area (Å²) < 4.78 is 4.59. The predicted molar refractivity (Wildman–Crippen MR) is 52.5 cm³/mol. The molecule has 1 aromatic carbocycles. The number of hydrogen-bond acceptors (Lipinski definition) is 3. The van der Waals surface area contributed by atoms with E-state index in [9.17, 15) is 9.59 Å². The zero-order valence-corrected chi connectivity index (χ0v) is 8.46. The van der Waals surface area contributed by atoms with Crippen molar-refractivity contribution in [1.29, 1.82) is 0 Å². The molecule has 0 aliphatic heterocycles. The van der Waals surface area contributed by atoms with E-state index >= 15 is 0 Å². The Labute approximate surface area is 82.7 Å². The van der Waals surface area contributed by atoms with Gasteiger partial charge in [-0.25, -0.2) is 4.79 Å². The minimum Gasteiger partial charge on any atom is -0.465 e. The van der Waals surface area contributed by atoms with E-state index in [-0.39, 0.29) is 11.8 Å². The molecule has 3 nitrogen and oxygen atoms in total. The average molecular weight is 192 g/mol. The Morgan fingerprint density at radius 2 is 1.93 bits per heavy atom. The number of hydrogen-bond donors (Lipinski definition) is 0. The van der Waals surface area contributed by atoms with Crippen LogP contribution in [0, 0.1) is 6.92 Å². The van der Waals surface area contributed by atoms with Gasteiger partial charge in [0.1, 0.15) is 0 Å². The van der Waals surface area contributed by atoms with E-state index in [0.29, 0.717) is 11.1 Å². The Morgan fingerprint density at radius 1 is 1.29 bits per heavy atom. The molecule has 1 aromatic rings. The van der Waals surface area contributed by atoms with Crippen LogP contribution in [0.3, 0.4) is 0 Å². The topological polar surface area (TPSA) is 43.4 Å². The summed E-state index contributed by atoms with van der Waals surface area (Å²) in [5.74, 6) is -0.387. The molecule has 0 atom stereocenters. The van der Waals surface area contributed by atoms with E-state index in [4.69, 9.17) is 0 Å². The highest BCUT2D eigenvalue weighted by Gasteiger charge is 2.10. The standard InChI is InChI=1S/C11H12O3/c1-7-6-9(8(2)12)4-5-10(7)11(13)14-3/h4-6H,1-3H3. The van der Waals surface area contributed by atoms with Gasteiger partial charge >= 0.3 is 5.97 Å². The Morgan fingerprint density at radius 3 is 2.36 bits per heavy atom. The minimum atomic E-state index is -0.377. The predicted octanol–water partition coefficient (Wildman–Crippen LogP) is 1.98. The van der Waals surface area contributed by atoms with Gasteiger partial charge in [-0.1, -0.05) is 6.07 Å². The zero-order chi connectivity index (χ0) is 10.7. The van der Waals surface area contributed by atoms with Crippen LogP contribution in [0.2, 0.25) is 0 Å². The van der Waals surface area contributed by atoms with Crippen LogP contribution in [0.5, 0.6) is 0 Å². The highest BCUT2D eigenvalue weighted by Crippen LogP contribution is 2.12. The number of aryl methyl sites for hydroxylation is 1. The summed E-state index contributed by atoms with van der Waals surface area (Å²) >= 11 is 0. The number of rotatable bonds is 2. The van der Waals surface area contributed by atoms with Gasteiger partial charge < -0.3 is 4.74 Å². The van der Waals surface area contributed by atoms with E-state index in [0.717, 1.165) is 5.56 Å². The Bertz CT molecular complexity index is 380. The Kier molecular flexibility index (Phi) is 3.02. The normalized spacial score (nSPS) is 9.64. The summed E-state index contributed by atoms with van der Waals surface area (Å²) in [5, 5.41) is 0. The lowest BCUT2D eigenvalue weighted by Crippen LogP contribution is -2.05. The number of ketones is 1.